The van der Waals surface area contributed by atoms with Crippen molar-refractivity contribution in [1.82, 2.24) is 5.32 Å². The molecule has 0 atom stereocenters. The van der Waals surface area contributed by atoms with Gasteiger partial charge < -0.3 is 10.6 Å². The van der Waals surface area contributed by atoms with Crippen LogP contribution < -0.4 is 10.6 Å². The summed E-state index contributed by atoms with van der Waals surface area (Å²) >= 11 is 0. The molecular formula is C22H26F2N2O2. The van der Waals surface area contributed by atoms with Crippen molar-refractivity contribution in [2.45, 2.75) is 46.0 Å². The first-order valence-corrected chi connectivity index (χ1v) is 9.36. The molecular weight excluding hydrogens is 362 g/mol. The van der Waals surface area contributed by atoms with Gasteiger partial charge >= 0.3 is 0 Å². The number of para-hydroxylation sites is 1. The molecule has 4 nitrogen and oxygen atoms in total. The summed E-state index contributed by atoms with van der Waals surface area (Å²) in [5.41, 5.74) is 2.66. The quantitative estimate of drug-likeness (QED) is 0.704. The van der Waals surface area contributed by atoms with Crippen molar-refractivity contribution in [3.63, 3.8) is 0 Å². The maximum atomic E-state index is 13.6. The first-order chi connectivity index (χ1) is 13.2. The maximum Gasteiger partial charge on any atom is 0.254 e. The molecule has 0 unspecified atom stereocenters. The highest BCUT2D eigenvalue weighted by Crippen LogP contribution is 2.32. The summed E-state index contributed by atoms with van der Waals surface area (Å²) in [7, 11) is 0. The molecule has 2 N–H and O–H groups in total. The first-order valence-electron chi connectivity index (χ1n) is 9.36. The van der Waals surface area contributed by atoms with Crippen molar-refractivity contribution in [3.05, 3.63) is 64.7 Å². The molecule has 6 heteroatoms. The van der Waals surface area contributed by atoms with Crippen LogP contribution in [0.4, 0.5) is 14.5 Å². The van der Waals surface area contributed by atoms with E-state index in [4.69, 9.17) is 0 Å². The Bertz CT molecular complexity index is 837. The van der Waals surface area contributed by atoms with E-state index >= 15 is 0 Å². The number of amides is 2. The number of hydrogen-bond donors (Lipinski definition) is 2. The fourth-order valence-electron chi connectivity index (χ4n) is 2.96. The minimum atomic E-state index is -0.936. The summed E-state index contributed by atoms with van der Waals surface area (Å²) in [6.07, 6.45) is 0.0402. The molecule has 0 heterocycles. The van der Waals surface area contributed by atoms with Crippen LogP contribution in [0.15, 0.2) is 36.4 Å². The van der Waals surface area contributed by atoms with Gasteiger partial charge in [0.1, 0.15) is 11.6 Å². The Morgan fingerprint density at radius 3 is 2.11 bits per heavy atom. The fourth-order valence-corrected chi connectivity index (χ4v) is 2.96. The van der Waals surface area contributed by atoms with E-state index in [2.05, 4.69) is 38.3 Å². The molecule has 2 aromatic carbocycles. The van der Waals surface area contributed by atoms with Crippen LogP contribution in [0.3, 0.4) is 0 Å². The molecule has 0 saturated carbocycles. The predicted molar refractivity (Wildman–Crippen MR) is 107 cm³/mol. The third kappa shape index (κ3) is 5.38. The molecule has 2 aromatic rings. The number of rotatable bonds is 7. The second kappa shape index (κ2) is 9.44. The lowest BCUT2D eigenvalue weighted by atomic mass is 9.92. The average molecular weight is 388 g/mol. The number of hydrogen-bond acceptors (Lipinski definition) is 2. The maximum absolute atomic E-state index is 13.6. The molecule has 0 aliphatic carbocycles. The number of carbonyl (C=O) groups is 2. The average Bonchev–Trinajstić information content (AvgIpc) is 2.61. The lowest BCUT2D eigenvalue weighted by Crippen LogP contribution is -2.28. The number of nitrogens with one attached hydrogen (secondary N) is 2. The van der Waals surface area contributed by atoms with E-state index in [0.717, 1.165) is 28.9 Å². The van der Waals surface area contributed by atoms with Crippen molar-refractivity contribution >= 4 is 17.5 Å². The fraction of sp³-hybridized carbons (Fsp3) is 0.364. The summed E-state index contributed by atoms with van der Waals surface area (Å²) in [6, 6.07) is 8.71. The van der Waals surface area contributed by atoms with Gasteiger partial charge in [0.05, 0.1) is 5.56 Å². The highest BCUT2D eigenvalue weighted by molar-refractivity contribution is 5.96. The summed E-state index contributed by atoms with van der Waals surface area (Å²) in [6.45, 7) is 8.29. The normalized spacial score (nSPS) is 11.0. The minimum Gasteiger partial charge on any atom is -0.351 e. The highest BCUT2D eigenvalue weighted by Gasteiger charge is 2.17. The van der Waals surface area contributed by atoms with Crippen LogP contribution in [0, 0.1) is 11.6 Å². The zero-order valence-corrected chi connectivity index (χ0v) is 16.6. The molecule has 0 aromatic heterocycles. The van der Waals surface area contributed by atoms with Gasteiger partial charge in [-0.3, -0.25) is 9.59 Å². The number of benzene rings is 2. The van der Waals surface area contributed by atoms with Crippen LogP contribution in [0.1, 0.15) is 67.4 Å². The lowest BCUT2D eigenvalue weighted by molar-refractivity contribution is -0.116. The van der Waals surface area contributed by atoms with Gasteiger partial charge in [-0.15, -0.1) is 0 Å². The summed E-state index contributed by atoms with van der Waals surface area (Å²) in [5, 5.41) is 5.45. The largest absolute Gasteiger partial charge is 0.351 e. The van der Waals surface area contributed by atoms with Crippen molar-refractivity contribution in [2.24, 2.45) is 0 Å². The van der Waals surface area contributed by atoms with Crippen LogP contribution in [0.5, 0.6) is 0 Å². The van der Waals surface area contributed by atoms with Crippen molar-refractivity contribution in [1.29, 1.82) is 0 Å². The molecule has 0 spiro atoms. The number of halogens is 2. The zero-order valence-electron chi connectivity index (χ0n) is 16.6. The van der Waals surface area contributed by atoms with Gasteiger partial charge in [-0.25, -0.2) is 8.78 Å². The van der Waals surface area contributed by atoms with Crippen LogP contribution in [0.25, 0.3) is 0 Å². The zero-order chi connectivity index (χ0) is 20.8. The number of carbonyl (C=O) groups excluding carboxylic acids is 2. The van der Waals surface area contributed by atoms with Gasteiger partial charge in [0.25, 0.3) is 5.91 Å². The van der Waals surface area contributed by atoms with Gasteiger partial charge in [0.15, 0.2) is 0 Å². The van der Waals surface area contributed by atoms with E-state index in [1.54, 1.807) is 0 Å². The molecule has 0 bridgehead atoms. The van der Waals surface area contributed by atoms with E-state index in [9.17, 15) is 18.4 Å². The molecule has 0 aliphatic heterocycles. The predicted octanol–water partition coefficient (Wildman–Crippen LogP) is 4.97. The van der Waals surface area contributed by atoms with Crippen molar-refractivity contribution < 1.29 is 18.4 Å². The van der Waals surface area contributed by atoms with Crippen molar-refractivity contribution in [3.8, 4) is 0 Å². The van der Waals surface area contributed by atoms with Gasteiger partial charge in [-0.1, -0.05) is 45.9 Å². The monoisotopic (exact) mass is 388 g/mol. The highest BCUT2D eigenvalue weighted by atomic mass is 19.1. The first kappa shape index (κ1) is 21.5. The molecule has 28 heavy (non-hydrogen) atoms. The second-order valence-electron chi connectivity index (χ2n) is 7.30. The Balaban J connectivity index is 2.00. The van der Waals surface area contributed by atoms with Crippen LogP contribution >= 0.6 is 0 Å². The van der Waals surface area contributed by atoms with E-state index < -0.39 is 17.5 Å². The van der Waals surface area contributed by atoms with E-state index in [0.29, 0.717) is 6.07 Å². The summed E-state index contributed by atoms with van der Waals surface area (Å²) < 4.78 is 26.6. The standard InChI is InChI=1S/C22H26F2N2O2/c1-13(2)16-6-5-7-17(14(3)4)21(16)26-20(27)10-11-25-22(28)18-9-8-15(23)12-19(18)24/h5-9,12-14H,10-11H2,1-4H3,(H,25,28)(H,26,27). The van der Waals surface area contributed by atoms with Gasteiger partial charge in [0, 0.05) is 24.7 Å². The summed E-state index contributed by atoms with van der Waals surface area (Å²) in [5.74, 6) is -2.12. The lowest BCUT2D eigenvalue weighted by Gasteiger charge is -2.20. The summed E-state index contributed by atoms with van der Waals surface area (Å²) in [4.78, 5) is 24.4. The third-order valence-corrected chi connectivity index (χ3v) is 4.45. The SMILES string of the molecule is CC(C)c1cccc(C(C)C)c1NC(=O)CCNC(=O)c1ccc(F)cc1F. The molecule has 150 valence electrons. The second-order valence-corrected chi connectivity index (χ2v) is 7.30. The van der Waals surface area contributed by atoms with Crippen LogP contribution in [-0.4, -0.2) is 18.4 Å². The molecule has 2 rings (SSSR count). The Kier molecular flexibility index (Phi) is 7.26. The molecule has 0 aliphatic rings. The molecule has 0 fully saturated rings. The Labute approximate surface area is 164 Å². The van der Waals surface area contributed by atoms with E-state index in [1.165, 1.54) is 0 Å². The number of anilines is 1. The Morgan fingerprint density at radius 2 is 1.57 bits per heavy atom. The Hall–Kier alpha value is -2.76. The van der Waals surface area contributed by atoms with E-state index in [1.807, 2.05) is 18.2 Å². The van der Waals surface area contributed by atoms with Gasteiger partial charge in [-0.2, -0.15) is 0 Å². The smallest absolute Gasteiger partial charge is 0.254 e. The molecule has 0 saturated heterocycles. The van der Waals surface area contributed by atoms with Gasteiger partial charge in [-0.05, 0) is 35.1 Å². The molecule has 0 radical (unpaired) electrons. The van der Waals surface area contributed by atoms with Crippen LogP contribution in [0.2, 0.25) is 0 Å². The van der Waals surface area contributed by atoms with Crippen molar-refractivity contribution in [2.75, 3.05) is 11.9 Å². The topological polar surface area (TPSA) is 58.2 Å². The Morgan fingerprint density at radius 1 is 0.964 bits per heavy atom. The van der Waals surface area contributed by atoms with Crippen LogP contribution in [-0.2, 0) is 4.79 Å². The minimum absolute atomic E-state index is 0.0402. The molecule has 2 amide bonds. The van der Waals surface area contributed by atoms with E-state index in [-0.39, 0.29) is 36.3 Å². The van der Waals surface area contributed by atoms with Gasteiger partial charge in [0.2, 0.25) is 5.91 Å². The third-order valence-electron chi connectivity index (χ3n) is 4.45.